The average Bonchev–Trinajstić information content (AvgIpc) is 3.25. The third-order valence-electron chi connectivity index (χ3n) is 5.97. The van der Waals surface area contributed by atoms with Gasteiger partial charge in [-0.2, -0.15) is 0 Å². The molecule has 3 heterocycles. The van der Waals surface area contributed by atoms with Gasteiger partial charge in [0.15, 0.2) is 0 Å². The molecule has 10 heteroatoms. The van der Waals surface area contributed by atoms with Gasteiger partial charge in [-0.1, -0.05) is 6.07 Å². The van der Waals surface area contributed by atoms with Crippen molar-refractivity contribution in [3.8, 4) is 5.69 Å². The van der Waals surface area contributed by atoms with Gasteiger partial charge in [0.05, 0.1) is 12.1 Å². The fourth-order valence-corrected chi connectivity index (χ4v) is 4.28. The van der Waals surface area contributed by atoms with Gasteiger partial charge in [0.25, 0.3) is 11.5 Å². The van der Waals surface area contributed by atoms with E-state index < -0.39 is 30.0 Å². The molecule has 1 aromatic carbocycles. The zero-order chi connectivity index (χ0) is 23.5. The maximum atomic E-state index is 12.9. The Morgan fingerprint density at radius 2 is 1.82 bits per heavy atom. The van der Waals surface area contributed by atoms with E-state index in [1.165, 1.54) is 20.4 Å². The topological polar surface area (TPSA) is 138 Å². The van der Waals surface area contributed by atoms with E-state index in [1.807, 2.05) is 0 Å². The van der Waals surface area contributed by atoms with Crippen molar-refractivity contribution in [3.63, 3.8) is 0 Å². The number of nitrogens with two attached hydrogens (primary N) is 1. The van der Waals surface area contributed by atoms with E-state index >= 15 is 0 Å². The van der Waals surface area contributed by atoms with Crippen LogP contribution >= 0.6 is 0 Å². The van der Waals surface area contributed by atoms with Crippen LogP contribution in [-0.2, 0) is 4.79 Å². The highest BCUT2D eigenvalue weighted by Crippen LogP contribution is 2.22. The van der Waals surface area contributed by atoms with Crippen LogP contribution < -0.4 is 16.6 Å². The SMILES string of the molecule is NC(=O)C1C(NC(=O)c2ccc(-n3ccccc3=O)cc2)[CH]CCN1C(=O)N1CCC(O)C1. The number of nitrogens with one attached hydrogen (secondary N) is 1. The number of carbonyl (C=O) groups is 3. The summed E-state index contributed by atoms with van der Waals surface area (Å²) in [6.45, 7) is 0.907. The summed E-state index contributed by atoms with van der Waals surface area (Å²) in [5.74, 6) is -1.15. The largest absolute Gasteiger partial charge is 0.391 e. The summed E-state index contributed by atoms with van der Waals surface area (Å²) >= 11 is 0. The zero-order valence-electron chi connectivity index (χ0n) is 18.0. The Labute approximate surface area is 190 Å². The fourth-order valence-electron chi connectivity index (χ4n) is 4.28. The van der Waals surface area contributed by atoms with Crippen LogP contribution in [-0.4, -0.2) is 75.1 Å². The van der Waals surface area contributed by atoms with Gasteiger partial charge in [-0.05, 0) is 49.6 Å². The molecule has 0 spiro atoms. The number of primary amides is 1. The van der Waals surface area contributed by atoms with Gasteiger partial charge in [-0.25, -0.2) is 4.79 Å². The molecule has 2 aliphatic heterocycles. The molecule has 4 rings (SSSR count). The lowest BCUT2D eigenvalue weighted by molar-refractivity contribution is -0.123. The van der Waals surface area contributed by atoms with Crippen molar-refractivity contribution in [2.75, 3.05) is 19.6 Å². The Hall–Kier alpha value is -3.66. The number of rotatable bonds is 4. The number of pyridine rings is 1. The Balaban J connectivity index is 1.48. The highest BCUT2D eigenvalue weighted by molar-refractivity contribution is 5.96. The molecule has 3 atom stereocenters. The smallest absolute Gasteiger partial charge is 0.320 e. The van der Waals surface area contributed by atoms with Crippen molar-refractivity contribution in [2.45, 2.75) is 31.0 Å². The summed E-state index contributed by atoms with van der Waals surface area (Å²) in [6, 6.07) is 9.15. The number of urea groups is 1. The molecule has 3 unspecified atom stereocenters. The number of likely N-dealkylation sites (tertiary alicyclic amines) is 2. The third-order valence-corrected chi connectivity index (χ3v) is 5.97. The first kappa shape index (κ1) is 22.5. The van der Waals surface area contributed by atoms with E-state index in [2.05, 4.69) is 5.32 Å². The molecule has 0 saturated carbocycles. The van der Waals surface area contributed by atoms with Crippen molar-refractivity contribution < 1.29 is 19.5 Å². The number of piperidine rings is 1. The highest BCUT2D eigenvalue weighted by atomic mass is 16.3. The maximum absolute atomic E-state index is 12.9. The number of hydrogen-bond donors (Lipinski definition) is 3. The Morgan fingerprint density at radius 1 is 1.06 bits per heavy atom. The molecule has 173 valence electrons. The lowest BCUT2D eigenvalue weighted by Crippen LogP contribution is -2.64. The van der Waals surface area contributed by atoms with Gasteiger partial charge in [0, 0.05) is 43.1 Å². The van der Waals surface area contributed by atoms with E-state index in [1.54, 1.807) is 49.0 Å². The standard InChI is InChI=1S/C23H26N5O5/c24-21(31)20-18(4-3-12-28(20)23(33)26-13-10-17(29)14-26)25-22(32)15-6-8-16(9-7-15)27-11-2-1-5-19(27)30/h1-2,4-9,11,17-18,20,29H,3,10,12-14H2,(H2,24,31)(H,25,32). The number of nitrogens with zero attached hydrogens (tertiary/aromatic N) is 3. The van der Waals surface area contributed by atoms with Crippen molar-refractivity contribution in [1.29, 1.82) is 0 Å². The van der Waals surface area contributed by atoms with Crippen LogP contribution in [0.3, 0.4) is 0 Å². The van der Waals surface area contributed by atoms with Crippen LogP contribution in [0.5, 0.6) is 0 Å². The van der Waals surface area contributed by atoms with Crippen molar-refractivity contribution >= 4 is 17.8 Å². The van der Waals surface area contributed by atoms with Crippen molar-refractivity contribution in [2.24, 2.45) is 5.73 Å². The molecular weight excluding hydrogens is 426 g/mol. The minimum atomic E-state index is -1.03. The van der Waals surface area contributed by atoms with Gasteiger partial charge in [0.1, 0.15) is 6.04 Å². The summed E-state index contributed by atoms with van der Waals surface area (Å²) < 4.78 is 1.46. The maximum Gasteiger partial charge on any atom is 0.320 e. The number of β-amino-alcohol motifs (C(OH)–C–C–N with tert-alkyl or cyclic N) is 1. The molecule has 2 fully saturated rings. The molecule has 0 aliphatic carbocycles. The summed E-state index contributed by atoms with van der Waals surface area (Å²) in [4.78, 5) is 52.9. The van der Waals surface area contributed by atoms with Gasteiger partial charge < -0.3 is 26.0 Å². The number of aromatic nitrogens is 1. The molecule has 1 aromatic heterocycles. The van der Waals surface area contributed by atoms with E-state index in [-0.39, 0.29) is 18.1 Å². The van der Waals surface area contributed by atoms with Crippen LogP contribution in [0.2, 0.25) is 0 Å². The predicted octanol–water partition coefficient (Wildman–Crippen LogP) is -0.114. The first-order valence-electron chi connectivity index (χ1n) is 10.8. The van der Waals surface area contributed by atoms with E-state index in [9.17, 15) is 24.3 Å². The Morgan fingerprint density at radius 3 is 2.45 bits per heavy atom. The van der Waals surface area contributed by atoms with Gasteiger partial charge >= 0.3 is 6.03 Å². The molecule has 33 heavy (non-hydrogen) atoms. The normalized spacial score (nSPS) is 22.8. The molecule has 2 aromatic rings. The van der Waals surface area contributed by atoms with Gasteiger partial charge in [-0.15, -0.1) is 0 Å². The number of hydrogen-bond acceptors (Lipinski definition) is 5. The Kier molecular flexibility index (Phi) is 6.45. The number of amides is 4. The third kappa shape index (κ3) is 4.75. The number of aliphatic hydroxyl groups is 1. The molecule has 2 aliphatic rings. The molecule has 4 amide bonds. The molecule has 4 N–H and O–H groups in total. The second kappa shape index (κ2) is 9.45. The second-order valence-corrected chi connectivity index (χ2v) is 8.19. The molecule has 1 radical (unpaired) electrons. The molecule has 10 nitrogen and oxygen atoms in total. The summed E-state index contributed by atoms with van der Waals surface area (Å²) in [7, 11) is 0. The van der Waals surface area contributed by atoms with Crippen LogP contribution in [0.4, 0.5) is 4.79 Å². The zero-order valence-corrected chi connectivity index (χ0v) is 18.0. The molecular formula is C23H26N5O5. The van der Waals surface area contributed by atoms with E-state index in [4.69, 9.17) is 5.73 Å². The van der Waals surface area contributed by atoms with Crippen LogP contribution in [0.15, 0.2) is 53.5 Å². The molecule has 0 bridgehead atoms. The highest BCUT2D eigenvalue weighted by Gasteiger charge is 2.41. The summed E-state index contributed by atoms with van der Waals surface area (Å²) in [6.07, 6.45) is 3.79. The Bertz CT molecular complexity index is 1100. The molecule has 2 saturated heterocycles. The van der Waals surface area contributed by atoms with Crippen LogP contribution in [0.25, 0.3) is 5.69 Å². The van der Waals surface area contributed by atoms with Crippen molar-refractivity contribution in [3.05, 3.63) is 71.0 Å². The first-order chi connectivity index (χ1) is 15.8. The quantitative estimate of drug-likeness (QED) is 0.594. The predicted molar refractivity (Wildman–Crippen MR) is 119 cm³/mol. The summed E-state index contributed by atoms with van der Waals surface area (Å²) in [5, 5.41) is 12.5. The van der Waals surface area contributed by atoms with Crippen LogP contribution in [0, 0.1) is 6.42 Å². The number of benzene rings is 1. The fraction of sp³-hybridized carbons (Fsp3) is 0.348. The lowest BCUT2D eigenvalue weighted by atomic mass is 9.95. The minimum Gasteiger partial charge on any atom is -0.391 e. The second-order valence-electron chi connectivity index (χ2n) is 8.19. The summed E-state index contributed by atoms with van der Waals surface area (Å²) in [5.41, 5.74) is 6.38. The van der Waals surface area contributed by atoms with Crippen molar-refractivity contribution in [1.82, 2.24) is 19.7 Å². The van der Waals surface area contributed by atoms with Gasteiger partial charge in [0.2, 0.25) is 5.91 Å². The first-order valence-corrected chi connectivity index (χ1v) is 10.8. The monoisotopic (exact) mass is 452 g/mol. The number of carbonyl (C=O) groups excluding carboxylic acids is 3. The van der Waals surface area contributed by atoms with Gasteiger partial charge in [-0.3, -0.25) is 19.0 Å². The van der Waals surface area contributed by atoms with E-state index in [0.29, 0.717) is 37.2 Å². The van der Waals surface area contributed by atoms with E-state index in [0.717, 1.165) is 0 Å². The number of aliphatic hydroxyl groups excluding tert-OH is 1. The van der Waals surface area contributed by atoms with Crippen LogP contribution in [0.1, 0.15) is 23.2 Å². The average molecular weight is 452 g/mol. The minimum absolute atomic E-state index is 0.189. The lowest BCUT2D eigenvalue weighted by Gasteiger charge is -2.41.